The number of amides is 1. The van der Waals surface area contributed by atoms with Gasteiger partial charge < -0.3 is 10.4 Å². The molecule has 0 aliphatic heterocycles. The van der Waals surface area contributed by atoms with Crippen molar-refractivity contribution in [1.29, 1.82) is 0 Å². The Hall–Kier alpha value is -3.65. The smallest absolute Gasteiger partial charge is 0.339 e. The highest BCUT2D eigenvalue weighted by Crippen LogP contribution is 2.38. The molecule has 1 heterocycles. The zero-order valence-corrected chi connectivity index (χ0v) is 19.8. The Morgan fingerprint density at radius 1 is 1.06 bits per heavy atom. The van der Waals surface area contributed by atoms with Crippen LogP contribution in [0.2, 0.25) is 0 Å². The highest BCUT2D eigenvalue weighted by atomic mass is 32.1. The monoisotopic (exact) mass is 482 g/mol. The molecule has 0 radical (unpaired) electrons. The lowest BCUT2D eigenvalue weighted by Crippen LogP contribution is -2.22. The van der Waals surface area contributed by atoms with E-state index in [1.54, 1.807) is 18.2 Å². The van der Waals surface area contributed by atoms with Crippen molar-refractivity contribution in [3.8, 4) is 11.1 Å². The van der Waals surface area contributed by atoms with Crippen LogP contribution >= 0.6 is 11.3 Å². The number of carboxylic acids is 1. The number of allylic oxidation sites excluding steroid dienone is 1. The Balaban J connectivity index is 2.02. The number of carboxylic acid groups (broad SMARTS) is 1. The minimum atomic E-state index is -1.37. The first-order valence-corrected chi connectivity index (χ1v) is 11.5. The summed E-state index contributed by atoms with van der Waals surface area (Å²) in [7, 11) is 0. The van der Waals surface area contributed by atoms with Crippen molar-refractivity contribution < 1.29 is 23.5 Å². The van der Waals surface area contributed by atoms with Crippen molar-refractivity contribution in [3.05, 3.63) is 82.3 Å². The molecule has 3 aromatic rings. The van der Waals surface area contributed by atoms with Gasteiger partial charge in [0.1, 0.15) is 16.3 Å². The number of nitrogens with zero attached hydrogens (tertiary/aromatic N) is 1. The van der Waals surface area contributed by atoms with Crippen LogP contribution in [0.15, 0.2) is 58.9 Å². The molecule has 1 amide bonds. The van der Waals surface area contributed by atoms with Crippen molar-refractivity contribution in [2.45, 2.75) is 33.6 Å². The van der Waals surface area contributed by atoms with Gasteiger partial charge in [-0.25, -0.2) is 18.6 Å². The number of aryl methyl sites for hydroxylation is 2. The lowest BCUT2D eigenvalue weighted by atomic mass is 10.0. The van der Waals surface area contributed by atoms with Crippen LogP contribution in [0.4, 0.5) is 19.5 Å². The number of aliphatic imine (C=N–C) groups is 1. The fourth-order valence-electron chi connectivity index (χ4n) is 3.23. The number of thiophene rings is 1. The number of rotatable bonds is 8. The highest BCUT2D eigenvalue weighted by Gasteiger charge is 2.25. The molecule has 1 aromatic heterocycles. The van der Waals surface area contributed by atoms with Crippen molar-refractivity contribution in [1.82, 2.24) is 0 Å². The van der Waals surface area contributed by atoms with Crippen LogP contribution < -0.4 is 5.32 Å². The fourth-order valence-corrected chi connectivity index (χ4v) is 4.17. The third-order valence-electron chi connectivity index (χ3n) is 5.12. The lowest BCUT2D eigenvalue weighted by Gasteiger charge is -2.09. The van der Waals surface area contributed by atoms with Gasteiger partial charge in [-0.2, -0.15) is 0 Å². The van der Waals surface area contributed by atoms with E-state index in [0.717, 1.165) is 29.7 Å². The summed E-state index contributed by atoms with van der Waals surface area (Å²) in [5.41, 5.74) is 1.18. The maximum Gasteiger partial charge on any atom is 0.339 e. The molecule has 0 bridgehead atoms. The van der Waals surface area contributed by atoms with E-state index in [0.29, 0.717) is 5.69 Å². The second kappa shape index (κ2) is 11.0. The van der Waals surface area contributed by atoms with E-state index in [1.807, 2.05) is 32.1 Å². The van der Waals surface area contributed by atoms with Gasteiger partial charge in [-0.1, -0.05) is 49.8 Å². The van der Waals surface area contributed by atoms with Gasteiger partial charge in [0, 0.05) is 16.5 Å². The highest BCUT2D eigenvalue weighted by molar-refractivity contribution is 7.15. The summed E-state index contributed by atoms with van der Waals surface area (Å²) in [5.74, 6) is -4.16. The van der Waals surface area contributed by atoms with E-state index >= 15 is 0 Å². The molecule has 0 aliphatic rings. The van der Waals surface area contributed by atoms with Crippen LogP contribution in [-0.4, -0.2) is 22.7 Å². The predicted octanol–water partition coefficient (Wildman–Crippen LogP) is 7.08. The first-order chi connectivity index (χ1) is 16.2. The van der Waals surface area contributed by atoms with Gasteiger partial charge >= 0.3 is 5.97 Å². The maximum atomic E-state index is 14.6. The molecule has 0 aliphatic carbocycles. The third-order valence-corrected chi connectivity index (χ3v) is 6.01. The third kappa shape index (κ3) is 5.46. The average Bonchev–Trinajstić information content (AvgIpc) is 3.21. The van der Waals surface area contributed by atoms with E-state index in [2.05, 4.69) is 10.3 Å². The Labute approximate surface area is 200 Å². The zero-order chi connectivity index (χ0) is 24.8. The number of unbranched alkanes of at least 4 members (excludes halogenated alkanes) is 1. The molecule has 2 aromatic carbocycles. The summed E-state index contributed by atoms with van der Waals surface area (Å²) in [5, 5.41) is 13.8. The fraction of sp³-hybridized carbons (Fsp3) is 0.192. The summed E-state index contributed by atoms with van der Waals surface area (Å²) in [6.45, 7) is 5.29. The number of nitrogens with one attached hydrogen (secondary N) is 1. The summed E-state index contributed by atoms with van der Waals surface area (Å²) in [6.07, 6.45) is 5.03. The van der Waals surface area contributed by atoms with Crippen LogP contribution in [-0.2, 0) is 4.79 Å². The normalized spacial score (nSPS) is 11.7. The number of carbonyl (C=O) groups is 2. The van der Waals surface area contributed by atoms with Crippen molar-refractivity contribution >= 4 is 39.6 Å². The molecule has 0 atom stereocenters. The molecule has 176 valence electrons. The standard InChI is InChI=1S/C26H24F2N2O3S/c1-4-5-6-11-20(29-19-10-8-7-9-15(19)2)24(31)30-25-21(26(32)33)18(14-34-25)17-13-12-16(3)22(27)23(17)28/h6-14H,4-5H2,1-3H3,(H,30,31)(H,32,33). The first-order valence-electron chi connectivity index (χ1n) is 10.7. The minimum absolute atomic E-state index is 0.00857. The van der Waals surface area contributed by atoms with Crippen LogP contribution in [0.25, 0.3) is 11.1 Å². The summed E-state index contributed by atoms with van der Waals surface area (Å²) >= 11 is 0.921. The van der Waals surface area contributed by atoms with E-state index in [9.17, 15) is 23.5 Å². The second-order valence-corrected chi connectivity index (χ2v) is 8.52. The molecule has 0 unspecified atom stereocenters. The molecule has 0 fully saturated rings. The molecule has 34 heavy (non-hydrogen) atoms. The Morgan fingerprint density at radius 3 is 2.47 bits per heavy atom. The molecule has 3 rings (SSSR count). The number of aromatic carboxylic acids is 1. The average molecular weight is 483 g/mol. The van der Waals surface area contributed by atoms with E-state index in [1.165, 1.54) is 24.4 Å². The maximum absolute atomic E-state index is 14.6. The van der Waals surface area contributed by atoms with E-state index in [-0.39, 0.29) is 33.0 Å². The Kier molecular flexibility index (Phi) is 8.07. The summed E-state index contributed by atoms with van der Waals surface area (Å²) in [4.78, 5) is 29.6. The van der Waals surface area contributed by atoms with Crippen molar-refractivity contribution in [3.63, 3.8) is 0 Å². The van der Waals surface area contributed by atoms with Gasteiger partial charge in [0.15, 0.2) is 11.6 Å². The molecule has 2 N–H and O–H groups in total. The van der Waals surface area contributed by atoms with Gasteiger partial charge in [0.05, 0.1) is 5.69 Å². The van der Waals surface area contributed by atoms with Crippen molar-refractivity contribution in [2.24, 2.45) is 4.99 Å². The van der Waals surface area contributed by atoms with E-state index in [4.69, 9.17) is 0 Å². The van der Waals surface area contributed by atoms with Gasteiger partial charge in [0.2, 0.25) is 0 Å². The van der Waals surface area contributed by atoms with Gasteiger partial charge in [-0.15, -0.1) is 11.3 Å². The lowest BCUT2D eigenvalue weighted by molar-refractivity contribution is -0.110. The van der Waals surface area contributed by atoms with Crippen LogP contribution in [0.3, 0.4) is 0 Å². The molecular weight excluding hydrogens is 458 g/mol. The second-order valence-electron chi connectivity index (χ2n) is 7.65. The number of anilines is 1. The SMILES string of the molecule is CCCC=CC(=Nc1ccccc1C)C(=O)Nc1scc(-c2ccc(C)c(F)c2F)c1C(=O)O. The summed E-state index contributed by atoms with van der Waals surface area (Å²) < 4.78 is 28.7. The first kappa shape index (κ1) is 25.0. The number of hydrogen-bond acceptors (Lipinski definition) is 4. The Bertz CT molecular complexity index is 1300. The molecule has 0 spiro atoms. The van der Waals surface area contributed by atoms with Crippen molar-refractivity contribution in [2.75, 3.05) is 5.32 Å². The molecule has 0 saturated carbocycles. The Morgan fingerprint density at radius 2 is 1.79 bits per heavy atom. The number of para-hydroxylation sites is 1. The van der Waals surface area contributed by atoms with Crippen LogP contribution in [0.5, 0.6) is 0 Å². The van der Waals surface area contributed by atoms with Gasteiger partial charge in [-0.3, -0.25) is 4.79 Å². The topological polar surface area (TPSA) is 78.8 Å². The van der Waals surface area contributed by atoms with Gasteiger partial charge in [-0.05, 0) is 43.5 Å². The number of benzene rings is 2. The number of hydrogen-bond donors (Lipinski definition) is 2. The molecular formula is C26H24F2N2O3S. The van der Waals surface area contributed by atoms with Crippen LogP contribution in [0, 0.1) is 25.5 Å². The quantitative estimate of drug-likeness (QED) is 0.337. The minimum Gasteiger partial charge on any atom is -0.478 e. The predicted molar refractivity (Wildman–Crippen MR) is 132 cm³/mol. The zero-order valence-electron chi connectivity index (χ0n) is 19.0. The van der Waals surface area contributed by atoms with Crippen LogP contribution in [0.1, 0.15) is 41.3 Å². The number of carbonyl (C=O) groups excluding carboxylic acids is 1. The van der Waals surface area contributed by atoms with Gasteiger partial charge in [0.25, 0.3) is 5.91 Å². The summed E-state index contributed by atoms with van der Waals surface area (Å²) in [6, 6.07) is 10.0. The molecule has 8 heteroatoms. The van der Waals surface area contributed by atoms with E-state index < -0.39 is 23.5 Å². The largest absolute Gasteiger partial charge is 0.478 e. The molecule has 5 nitrogen and oxygen atoms in total. The molecule has 0 saturated heterocycles. The number of halogens is 2.